The van der Waals surface area contributed by atoms with E-state index in [1.165, 1.54) is 23.5 Å². The number of aromatic nitrogens is 1. The molecule has 1 aliphatic heterocycles. The number of benzene rings is 1. The summed E-state index contributed by atoms with van der Waals surface area (Å²) in [4.78, 5) is 16.4. The number of nitrogens with zero attached hydrogens (tertiary/aromatic N) is 1. The largest absolute Gasteiger partial charge is 0.435 e. The molecule has 0 saturated carbocycles. The van der Waals surface area contributed by atoms with Crippen LogP contribution in [0.2, 0.25) is 0 Å². The number of thiazole rings is 1. The molecule has 1 amide bonds. The molecule has 2 N–H and O–H groups in total. The minimum absolute atomic E-state index is 0.00978. The number of rotatable bonds is 6. The number of amides is 1. The predicted octanol–water partition coefficient (Wildman–Crippen LogP) is 2.73. The lowest BCUT2D eigenvalue weighted by Gasteiger charge is -2.22. The molecule has 0 bridgehead atoms. The van der Waals surface area contributed by atoms with Gasteiger partial charge in [0.1, 0.15) is 5.75 Å². The molecule has 1 aliphatic rings. The summed E-state index contributed by atoms with van der Waals surface area (Å²) in [5.74, 6) is -0.0470. The highest BCUT2D eigenvalue weighted by Gasteiger charge is 2.17. The van der Waals surface area contributed by atoms with Gasteiger partial charge in [0.25, 0.3) is 0 Å². The summed E-state index contributed by atoms with van der Waals surface area (Å²) in [7, 11) is 0. The molecule has 0 spiro atoms. The first-order valence-electron chi connectivity index (χ1n) is 7.72. The van der Waals surface area contributed by atoms with Crippen molar-refractivity contribution < 1.29 is 23.0 Å². The standard InChI is InChI=1S/C16H17F2N3O3S/c17-15(18)24-12-3-1-10(2-4-12)13-9-25-16(20-13)21-14(22)7-11-8-23-6-5-19-11/h1-4,9,11,15,19H,5-8H2,(H,20,21,22). The van der Waals surface area contributed by atoms with Gasteiger partial charge in [0, 0.05) is 30.0 Å². The van der Waals surface area contributed by atoms with Gasteiger partial charge in [-0.05, 0) is 24.3 Å². The van der Waals surface area contributed by atoms with E-state index in [0.717, 1.165) is 12.1 Å². The molecule has 1 aromatic carbocycles. The van der Waals surface area contributed by atoms with Gasteiger partial charge in [-0.25, -0.2) is 4.98 Å². The lowest BCUT2D eigenvalue weighted by Crippen LogP contribution is -2.43. The second-order valence-corrected chi connectivity index (χ2v) is 6.28. The van der Waals surface area contributed by atoms with Crippen LogP contribution in [0.15, 0.2) is 29.6 Å². The number of halogens is 2. The van der Waals surface area contributed by atoms with Gasteiger partial charge < -0.3 is 20.1 Å². The molecular formula is C16H17F2N3O3S. The molecular weight excluding hydrogens is 352 g/mol. The Balaban J connectivity index is 1.57. The topological polar surface area (TPSA) is 72.5 Å². The number of nitrogens with one attached hydrogen (secondary N) is 2. The van der Waals surface area contributed by atoms with E-state index in [-0.39, 0.29) is 17.7 Å². The third-order valence-corrected chi connectivity index (χ3v) is 4.31. The van der Waals surface area contributed by atoms with Gasteiger partial charge in [-0.2, -0.15) is 8.78 Å². The third kappa shape index (κ3) is 5.18. The summed E-state index contributed by atoms with van der Waals surface area (Å²) in [5, 5.41) is 8.27. The Hall–Kier alpha value is -2.10. The molecule has 1 atom stereocenters. The lowest BCUT2D eigenvalue weighted by molar-refractivity contribution is -0.117. The van der Waals surface area contributed by atoms with Gasteiger partial charge in [-0.15, -0.1) is 11.3 Å². The number of hydrogen-bond acceptors (Lipinski definition) is 6. The van der Waals surface area contributed by atoms with Crippen LogP contribution in [0.3, 0.4) is 0 Å². The summed E-state index contributed by atoms with van der Waals surface area (Å²) >= 11 is 1.30. The lowest BCUT2D eigenvalue weighted by atomic mass is 10.2. The Bertz CT molecular complexity index is 703. The molecule has 1 fully saturated rings. The summed E-state index contributed by atoms with van der Waals surface area (Å²) in [6.07, 6.45) is 0.314. The molecule has 1 aromatic heterocycles. The number of ether oxygens (including phenoxy) is 2. The van der Waals surface area contributed by atoms with Crippen molar-refractivity contribution >= 4 is 22.4 Å². The van der Waals surface area contributed by atoms with E-state index in [1.807, 2.05) is 0 Å². The molecule has 25 heavy (non-hydrogen) atoms. The highest BCUT2D eigenvalue weighted by molar-refractivity contribution is 7.14. The zero-order valence-electron chi connectivity index (χ0n) is 13.2. The molecule has 2 aromatic rings. The first-order chi connectivity index (χ1) is 12.1. The predicted molar refractivity (Wildman–Crippen MR) is 90.0 cm³/mol. The van der Waals surface area contributed by atoms with E-state index in [2.05, 4.69) is 20.4 Å². The van der Waals surface area contributed by atoms with Crippen LogP contribution in [0.4, 0.5) is 13.9 Å². The first-order valence-corrected chi connectivity index (χ1v) is 8.60. The van der Waals surface area contributed by atoms with Crippen molar-refractivity contribution in [2.24, 2.45) is 0 Å². The number of carbonyl (C=O) groups excluding carboxylic acids is 1. The number of anilines is 1. The number of alkyl halides is 2. The molecule has 0 aliphatic carbocycles. The highest BCUT2D eigenvalue weighted by atomic mass is 32.1. The van der Waals surface area contributed by atoms with E-state index >= 15 is 0 Å². The quantitative estimate of drug-likeness (QED) is 0.819. The maximum absolute atomic E-state index is 12.2. The van der Waals surface area contributed by atoms with Gasteiger partial charge >= 0.3 is 6.61 Å². The van der Waals surface area contributed by atoms with Crippen LogP contribution < -0.4 is 15.4 Å². The van der Waals surface area contributed by atoms with Crippen LogP contribution >= 0.6 is 11.3 Å². The van der Waals surface area contributed by atoms with Crippen LogP contribution in [0.1, 0.15) is 6.42 Å². The normalized spacial score (nSPS) is 17.5. The fraction of sp³-hybridized carbons (Fsp3) is 0.375. The van der Waals surface area contributed by atoms with Gasteiger partial charge in [0.2, 0.25) is 5.91 Å². The Morgan fingerprint density at radius 2 is 2.24 bits per heavy atom. The number of hydrogen-bond donors (Lipinski definition) is 2. The van der Waals surface area contributed by atoms with Crippen LogP contribution in [-0.2, 0) is 9.53 Å². The molecule has 1 saturated heterocycles. The van der Waals surface area contributed by atoms with Crippen molar-refractivity contribution in [3.05, 3.63) is 29.6 Å². The Morgan fingerprint density at radius 1 is 1.44 bits per heavy atom. The van der Waals surface area contributed by atoms with E-state index in [9.17, 15) is 13.6 Å². The molecule has 6 nitrogen and oxygen atoms in total. The maximum atomic E-state index is 12.2. The van der Waals surface area contributed by atoms with Gasteiger partial charge in [-0.3, -0.25) is 4.79 Å². The van der Waals surface area contributed by atoms with Crippen LogP contribution in [0.25, 0.3) is 11.3 Å². The smallest absolute Gasteiger partial charge is 0.387 e. The van der Waals surface area contributed by atoms with Crippen molar-refractivity contribution in [2.75, 3.05) is 25.1 Å². The number of carbonyl (C=O) groups is 1. The van der Waals surface area contributed by atoms with Gasteiger partial charge in [0.15, 0.2) is 5.13 Å². The zero-order valence-corrected chi connectivity index (χ0v) is 14.0. The van der Waals surface area contributed by atoms with Crippen LogP contribution in [0.5, 0.6) is 5.75 Å². The van der Waals surface area contributed by atoms with Crippen LogP contribution in [0, 0.1) is 0 Å². The highest BCUT2D eigenvalue weighted by Crippen LogP contribution is 2.27. The second-order valence-electron chi connectivity index (χ2n) is 5.42. The molecule has 0 radical (unpaired) electrons. The average molecular weight is 369 g/mol. The Labute approximate surface area is 147 Å². The maximum Gasteiger partial charge on any atom is 0.387 e. The van der Waals surface area contributed by atoms with Crippen LogP contribution in [-0.4, -0.2) is 43.3 Å². The van der Waals surface area contributed by atoms with Crippen molar-refractivity contribution in [3.63, 3.8) is 0 Å². The fourth-order valence-electron chi connectivity index (χ4n) is 2.42. The minimum atomic E-state index is -2.85. The molecule has 2 heterocycles. The zero-order chi connectivity index (χ0) is 17.6. The average Bonchev–Trinajstić information content (AvgIpc) is 3.04. The van der Waals surface area contributed by atoms with E-state index < -0.39 is 6.61 Å². The number of morpholine rings is 1. The molecule has 3 rings (SSSR count). The third-order valence-electron chi connectivity index (χ3n) is 3.56. The summed E-state index contributed by atoms with van der Waals surface area (Å²) in [6, 6.07) is 6.20. The molecule has 1 unspecified atom stereocenters. The van der Waals surface area contributed by atoms with Crippen molar-refractivity contribution in [3.8, 4) is 17.0 Å². The monoisotopic (exact) mass is 369 g/mol. The molecule has 9 heteroatoms. The second kappa shape index (κ2) is 8.32. The SMILES string of the molecule is O=C(CC1COCCN1)Nc1nc(-c2ccc(OC(F)F)cc2)cs1. The van der Waals surface area contributed by atoms with Crippen molar-refractivity contribution in [2.45, 2.75) is 19.1 Å². The molecule has 134 valence electrons. The first kappa shape index (κ1) is 17.7. The van der Waals surface area contributed by atoms with Gasteiger partial charge in [-0.1, -0.05) is 0 Å². The van der Waals surface area contributed by atoms with E-state index in [1.54, 1.807) is 17.5 Å². The van der Waals surface area contributed by atoms with Crippen molar-refractivity contribution in [1.82, 2.24) is 10.3 Å². The van der Waals surface area contributed by atoms with Crippen molar-refractivity contribution in [1.29, 1.82) is 0 Å². The summed E-state index contributed by atoms with van der Waals surface area (Å²) in [5.41, 5.74) is 1.41. The summed E-state index contributed by atoms with van der Waals surface area (Å²) < 4.78 is 33.9. The van der Waals surface area contributed by atoms with E-state index in [0.29, 0.717) is 30.5 Å². The van der Waals surface area contributed by atoms with Gasteiger partial charge in [0.05, 0.1) is 18.9 Å². The fourth-order valence-corrected chi connectivity index (χ4v) is 3.15. The Morgan fingerprint density at radius 3 is 2.92 bits per heavy atom. The van der Waals surface area contributed by atoms with E-state index in [4.69, 9.17) is 4.74 Å². The summed E-state index contributed by atoms with van der Waals surface area (Å²) in [6.45, 7) is -0.931. The minimum Gasteiger partial charge on any atom is -0.435 e. The Kier molecular flexibility index (Phi) is 5.90.